The number of imidazole rings is 1. The Morgan fingerprint density at radius 2 is 1.78 bits per heavy atom. The lowest BCUT2D eigenvalue weighted by Gasteiger charge is -2.01. The van der Waals surface area contributed by atoms with Crippen molar-refractivity contribution in [3.8, 4) is 33.2 Å². The van der Waals surface area contributed by atoms with Gasteiger partial charge in [0.2, 0.25) is 0 Å². The van der Waals surface area contributed by atoms with Gasteiger partial charge in [-0.3, -0.25) is 19.9 Å². The van der Waals surface area contributed by atoms with E-state index >= 15 is 0 Å². The predicted molar refractivity (Wildman–Crippen MR) is 126 cm³/mol. The molecule has 8 heteroatoms. The van der Waals surface area contributed by atoms with E-state index in [9.17, 15) is 4.79 Å². The smallest absolute Gasteiger partial charge is 0.169 e. The molecule has 0 unspecified atom stereocenters. The number of Topliss-reactive ketones (excluding diaryl/α,β-unsaturated/α-hetero) is 1. The van der Waals surface area contributed by atoms with E-state index in [4.69, 9.17) is 4.98 Å². The van der Waals surface area contributed by atoms with E-state index in [2.05, 4.69) is 37.3 Å². The van der Waals surface area contributed by atoms with E-state index in [1.165, 1.54) is 11.3 Å². The van der Waals surface area contributed by atoms with Crippen LogP contribution in [0.25, 0.3) is 55.2 Å². The van der Waals surface area contributed by atoms with Crippen molar-refractivity contribution >= 4 is 39.1 Å². The van der Waals surface area contributed by atoms with Crippen LogP contribution in [0.4, 0.5) is 0 Å². The molecule has 154 valence electrons. The van der Waals surface area contributed by atoms with Gasteiger partial charge in [0.25, 0.3) is 0 Å². The topological polar surface area (TPSA) is 100 Å². The Morgan fingerprint density at radius 1 is 0.906 bits per heavy atom. The maximum atomic E-state index is 11.7. The molecule has 5 heterocycles. The molecule has 0 spiro atoms. The summed E-state index contributed by atoms with van der Waals surface area (Å²) in [6.07, 6.45) is 5.31. The zero-order chi connectivity index (χ0) is 21.7. The molecular weight excluding hydrogens is 420 g/mol. The molecule has 0 aliphatic rings. The molecule has 2 N–H and O–H groups in total. The van der Waals surface area contributed by atoms with Gasteiger partial charge in [-0.1, -0.05) is 6.07 Å². The van der Waals surface area contributed by atoms with Crippen molar-refractivity contribution in [1.29, 1.82) is 0 Å². The Balaban J connectivity index is 1.49. The van der Waals surface area contributed by atoms with Crippen LogP contribution in [0, 0.1) is 0 Å². The number of nitrogens with one attached hydrogen (secondary N) is 2. The minimum atomic E-state index is 0.0455. The second-order valence-electron chi connectivity index (χ2n) is 7.43. The summed E-state index contributed by atoms with van der Waals surface area (Å²) in [6.45, 7) is 1.57. The first kappa shape index (κ1) is 18.6. The molecule has 32 heavy (non-hydrogen) atoms. The molecule has 0 atom stereocenters. The van der Waals surface area contributed by atoms with E-state index < -0.39 is 0 Å². The fourth-order valence-corrected chi connectivity index (χ4v) is 4.70. The first-order valence-electron chi connectivity index (χ1n) is 10.0. The van der Waals surface area contributed by atoms with Gasteiger partial charge < -0.3 is 4.98 Å². The molecule has 1 aromatic carbocycles. The van der Waals surface area contributed by atoms with Gasteiger partial charge in [0.15, 0.2) is 11.6 Å². The SMILES string of the molecule is CC(=O)c1ccc(-c2nccc3[nH]c(-c4n[nH]c5ccc(-c6ccncc6)cc45)nc23)s1. The van der Waals surface area contributed by atoms with Gasteiger partial charge in [-0.25, -0.2) is 4.98 Å². The number of fused-ring (bicyclic) bond motifs is 2. The van der Waals surface area contributed by atoms with Crippen LogP contribution in [0.5, 0.6) is 0 Å². The summed E-state index contributed by atoms with van der Waals surface area (Å²) in [4.78, 5) is 30.2. The number of benzene rings is 1. The molecular formula is C24H16N6OS. The van der Waals surface area contributed by atoms with Gasteiger partial charge in [0.1, 0.15) is 16.9 Å². The van der Waals surface area contributed by atoms with E-state index in [0.29, 0.717) is 10.7 Å². The highest BCUT2D eigenvalue weighted by Gasteiger charge is 2.17. The number of nitrogens with zero attached hydrogens (tertiary/aromatic N) is 4. The highest BCUT2D eigenvalue weighted by molar-refractivity contribution is 7.17. The van der Waals surface area contributed by atoms with Gasteiger partial charge in [0.05, 0.1) is 20.8 Å². The Morgan fingerprint density at radius 3 is 2.59 bits per heavy atom. The number of hydrogen-bond donors (Lipinski definition) is 2. The number of hydrogen-bond acceptors (Lipinski definition) is 6. The Bertz CT molecular complexity index is 1610. The Hall–Kier alpha value is -4.17. The van der Waals surface area contributed by atoms with Crippen LogP contribution in [0.3, 0.4) is 0 Å². The van der Waals surface area contributed by atoms with Crippen LogP contribution >= 0.6 is 11.3 Å². The summed E-state index contributed by atoms with van der Waals surface area (Å²) < 4.78 is 0. The van der Waals surface area contributed by atoms with E-state index in [0.717, 1.165) is 49.3 Å². The second-order valence-corrected chi connectivity index (χ2v) is 8.51. The monoisotopic (exact) mass is 436 g/mol. The molecule has 0 aliphatic carbocycles. The third-order valence-electron chi connectivity index (χ3n) is 5.39. The van der Waals surface area contributed by atoms with Crippen LogP contribution < -0.4 is 0 Å². The minimum Gasteiger partial charge on any atom is -0.336 e. The van der Waals surface area contributed by atoms with E-state index in [-0.39, 0.29) is 5.78 Å². The van der Waals surface area contributed by atoms with Crippen LogP contribution in [0.2, 0.25) is 0 Å². The zero-order valence-corrected chi connectivity index (χ0v) is 17.8. The van der Waals surface area contributed by atoms with E-state index in [1.807, 2.05) is 36.4 Å². The Labute approximate surface area is 186 Å². The van der Waals surface area contributed by atoms with Crippen LogP contribution in [-0.4, -0.2) is 35.9 Å². The molecule has 0 fully saturated rings. The maximum Gasteiger partial charge on any atom is 0.169 e. The average molecular weight is 437 g/mol. The lowest BCUT2D eigenvalue weighted by molar-refractivity contribution is 0.102. The predicted octanol–water partition coefficient (Wildman–Crippen LogP) is 5.49. The third kappa shape index (κ3) is 3.00. The number of carbonyl (C=O) groups is 1. The summed E-state index contributed by atoms with van der Waals surface area (Å²) in [5, 5.41) is 8.61. The lowest BCUT2D eigenvalue weighted by atomic mass is 10.0. The number of H-pyrrole nitrogens is 2. The minimum absolute atomic E-state index is 0.0455. The van der Waals surface area contributed by atoms with Crippen molar-refractivity contribution in [2.75, 3.05) is 0 Å². The highest BCUT2D eigenvalue weighted by atomic mass is 32.1. The number of ketones is 1. The fourth-order valence-electron chi connectivity index (χ4n) is 3.80. The summed E-state index contributed by atoms with van der Waals surface area (Å²) in [5.41, 5.74) is 6.21. The van der Waals surface area contributed by atoms with Gasteiger partial charge in [-0.15, -0.1) is 11.3 Å². The zero-order valence-electron chi connectivity index (χ0n) is 17.0. The first-order valence-corrected chi connectivity index (χ1v) is 10.8. The second kappa shape index (κ2) is 7.21. The summed E-state index contributed by atoms with van der Waals surface area (Å²) >= 11 is 1.42. The number of carbonyl (C=O) groups excluding carboxylic acids is 1. The Kier molecular flexibility index (Phi) is 4.19. The van der Waals surface area contributed by atoms with Crippen molar-refractivity contribution in [3.05, 3.63) is 72.0 Å². The molecule has 7 nitrogen and oxygen atoms in total. The van der Waals surface area contributed by atoms with Gasteiger partial charge in [0, 0.05) is 24.0 Å². The molecule has 0 amide bonds. The number of pyridine rings is 2. The fraction of sp³-hybridized carbons (Fsp3) is 0.0417. The normalized spacial score (nSPS) is 11.4. The summed E-state index contributed by atoms with van der Waals surface area (Å²) in [7, 11) is 0. The molecule has 0 saturated carbocycles. The number of thiophene rings is 1. The molecule has 0 aliphatic heterocycles. The summed E-state index contributed by atoms with van der Waals surface area (Å²) in [6, 6.07) is 15.8. The number of aromatic amines is 2. The molecule has 0 bridgehead atoms. The van der Waals surface area contributed by atoms with Crippen LogP contribution in [0.1, 0.15) is 16.6 Å². The maximum absolute atomic E-state index is 11.7. The summed E-state index contributed by atoms with van der Waals surface area (Å²) in [5.74, 6) is 0.708. The quantitative estimate of drug-likeness (QED) is 0.356. The average Bonchev–Trinajstić information content (AvgIpc) is 3.56. The lowest BCUT2D eigenvalue weighted by Crippen LogP contribution is -1.84. The number of rotatable bonds is 4. The van der Waals surface area contributed by atoms with Crippen LogP contribution in [0.15, 0.2) is 67.1 Å². The molecule has 0 radical (unpaired) electrons. The van der Waals surface area contributed by atoms with Crippen molar-refractivity contribution in [3.63, 3.8) is 0 Å². The van der Waals surface area contributed by atoms with Crippen LogP contribution in [-0.2, 0) is 0 Å². The van der Waals surface area contributed by atoms with Crippen molar-refractivity contribution < 1.29 is 4.79 Å². The largest absolute Gasteiger partial charge is 0.336 e. The highest BCUT2D eigenvalue weighted by Crippen LogP contribution is 2.34. The number of aromatic nitrogens is 6. The first-order chi connectivity index (χ1) is 15.7. The van der Waals surface area contributed by atoms with Gasteiger partial charge in [-0.2, -0.15) is 5.10 Å². The standard InChI is InChI=1S/C24H16N6OS/c1-13(31)19-4-5-20(32-19)23-22-18(8-11-26-23)27-24(28-22)21-16-12-15(2-3-17(16)29-30-21)14-6-9-25-10-7-14/h2-12H,1H3,(H,27,28)(H,29,30). The van der Waals surface area contributed by atoms with E-state index in [1.54, 1.807) is 25.5 Å². The van der Waals surface area contributed by atoms with Crippen molar-refractivity contribution in [2.24, 2.45) is 0 Å². The molecule has 5 aromatic heterocycles. The molecule has 6 aromatic rings. The van der Waals surface area contributed by atoms with Gasteiger partial charge >= 0.3 is 0 Å². The van der Waals surface area contributed by atoms with Crippen molar-refractivity contribution in [2.45, 2.75) is 6.92 Å². The molecule has 0 saturated heterocycles. The van der Waals surface area contributed by atoms with Gasteiger partial charge in [-0.05, 0) is 60.5 Å². The third-order valence-corrected chi connectivity index (χ3v) is 6.58. The molecule has 6 rings (SSSR count). The van der Waals surface area contributed by atoms with Crippen molar-refractivity contribution in [1.82, 2.24) is 30.1 Å².